The number of benzene rings is 4. The number of fused-ring (bicyclic) bond motifs is 2. The van der Waals surface area contributed by atoms with Crippen LogP contribution in [0.3, 0.4) is 0 Å². The highest BCUT2D eigenvalue weighted by atomic mass is 35.5. The summed E-state index contributed by atoms with van der Waals surface area (Å²) >= 11 is 7.21. The van der Waals surface area contributed by atoms with Gasteiger partial charge in [-0.3, -0.25) is 14.9 Å². The first kappa shape index (κ1) is 23.9. The Bertz CT molecular complexity index is 1550. The van der Waals surface area contributed by atoms with Gasteiger partial charge < -0.3 is 10.6 Å². The zero-order valence-corrected chi connectivity index (χ0v) is 20.8. The standard InChI is InChI=1S/C28H23ClN4O2S/c29-23-10-7-20(8-11-23)27(35)33-28-32-24-12-9-22(16-25(24)36-28)26(34)31-14-13-30-17-18-5-6-19-3-1-2-4-21(19)15-18/h1-12,15-16,30H,13-14,17H2,(H,31,34)(H,32,33,35). The van der Waals surface area contributed by atoms with Gasteiger partial charge in [-0.05, 0) is 64.9 Å². The molecule has 0 spiro atoms. The van der Waals surface area contributed by atoms with Crippen molar-refractivity contribution in [2.24, 2.45) is 0 Å². The molecule has 4 aromatic carbocycles. The molecule has 1 aromatic heterocycles. The van der Waals surface area contributed by atoms with E-state index in [2.05, 4.69) is 51.3 Å². The third kappa shape index (κ3) is 5.71. The lowest BCUT2D eigenvalue weighted by atomic mass is 10.1. The van der Waals surface area contributed by atoms with Gasteiger partial charge in [0.25, 0.3) is 11.8 Å². The maximum Gasteiger partial charge on any atom is 0.257 e. The number of halogens is 1. The predicted molar refractivity (Wildman–Crippen MR) is 147 cm³/mol. The zero-order chi connectivity index (χ0) is 24.9. The second kappa shape index (κ2) is 10.9. The molecular weight excluding hydrogens is 492 g/mol. The molecule has 0 bridgehead atoms. The molecule has 0 aliphatic carbocycles. The van der Waals surface area contributed by atoms with Crippen molar-refractivity contribution < 1.29 is 9.59 Å². The highest BCUT2D eigenvalue weighted by Gasteiger charge is 2.12. The first-order valence-corrected chi connectivity index (χ1v) is 12.7. The number of aromatic nitrogens is 1. The van der Waals surface area contributed by atoms with Crippen molar-refractivity contribution in [3.63, 3.8) is 0 Å². The van der Waals surface area contributed by atoms with Gasteiger partial charge >= 0.3 is 0 Å². The van der Waals surface area contributed by atoms with Gasteiger partial charge in [0.15, 0.2) is 5.13 Å². The number of carbonyl (C=O) groups excluding carboxylic acids is 2. The van der Waals surface area contributed by atoms with Crippen molar-refractivity contribution in [2.75, 3.05) is 18.4 Å². The van der Waals surface area contributed by atoms with E-state index < -0.39 is 0 Å². The first-order chi connectivity index (χ1) is 17.5. The molecule has 3 N–H and O–H groups in total. The molecule has 6 nitrogen and oxygen atoms in total. The Hall–Kier alpha value is -3.78. The summed E-state index contributed by atoms with van der Waals surface area (Å²) in [7, 11) is 0. The number of rotatable bonds is 8. The van der Waals surface area contributed by atoms with E-state index in [1.165, 1.54) is 27.7 Å². The maximum atomic E-state index is 12.6. The van der Waals surface area contributed by atoms with Crippen molar-refractivity contribution in [3.8, 4) is 0 Å². The normalized spacial score (nSPS) is 11.0. The van der Waals surface area contributed by atoms with Crippen LogP contribution in [0, 0.1) is 0 Å². The Balaban J connectivity index is 1.12. The van der Waals surface area contributed by atoms with Crippen molar-refractivity contribution in [1.82, 2.24) is 15.6 Å². The lowest BCUT2D eigenvalue weighted by Gasteiger charge is -2.08. The number of amides is 2. The summed E-state index contributed by atoms with van der Waals surface area (Å²) in [6.45, 7) is 1.90. The van der Waals surface area contributed by atoms with Gasteiger partial charge in [-0.1, -0.05) is 59.3 Å². The summed E-state index contributed by atoms with van der Waals surface area (Å²) in [4.78, 5) is 29.5. The summed E-state index contributed by atoms with van der Waals surface area (Å²) in [5.41, 5.74) is 2.97. The van der Waals surface area contributed by atoms with Gasteiger partial charge in [0.1, 0.15) is 0 Å². The fourth-order valence-electron chi connectivity index (χ4n) is 3.84. The summed E-state index contributed by atoms with van der Waals surface area (Å²) in [6, 6.07) is 26.7. The van der Waals surface area contributed by atoms with Gasteiger partial charge in [-0.25, -0.2) is 4.98 Å². The van der Waals surface area contributed by atoms with E-state index in [0.717, 1.165) is 16.8 Å². The van der Waals surface area contributed by atoms with E-state index >= 15 is 0 Å². The van der Waals surface area contributed by atoms with E-state index in [4.69, 9.17) is 11.6 Å². The molecule has 5 aromatic rings. The van der Waals surface area contributed by atoms with Gasteiger partial charge in [-0.2, -0.15) is 0 Å². The van der Waals surface area contributed by atoms with Crippen molar-refractivity contribution in [1.29, 1.82) is 0 Å². The minimum atomic E-state index is -0.264. The van der Waals surface area contributed by atoms with Crippen LogP contribution in [0.4, 0.5) is 5.13 Å². The summed E-state index contributed by atoms with van der Waals surface area (Å²) in [5.74, 6) is -0.413. The molecule has 5 rings (SSSR count). The van der Waals surface area contributed by atoms with Crippen LogP contribution < -0.4 is 16.0 Å². The van der Waals surface area contributed by atoms with Crippen LogP contribution >= 0.6 is 22.9 Å². The van der Waals surface area contributed by atoms with E-state index in [9.17, 15) is 9.59 Å². The number of carbonyl (C=O) groups is 2. The molecule has 0 aliphatic heterocycles. The molecule has 0 fully saturated rings. The average molecular weight is 515 g/mol. The topological polar surface area (TPSA) is 83.1 Å². The lowest BCUT2D eigenvalue weighted by molar-refractivity contribution is 0.0953. The van der Waals surface area contributed by atoms with E-state index in [1.54, 1.807) is 42.5 Å². The first-order valence-electron chi connectivity index (χ1n) is 11.5. The molecule has 0 saturated carbocycles. The lowest BCUT2D eigenvalue weighted by Crippen LogP contribution is -2.31. The van der Waals surface area contributed by atoms with Crippen LogP contribution in [-0.2, 0) is 6.54 Å². The highest BCUT2D eigenvalue weighted by molar-refractivity contribution is 7.22. The molecule has 180 valence electrons. The number of hydrogen-bond acceptors (Lipinski definition) is 5. The molecule has 0 unspecified atom stereocenters. The largest absolute Gasteiger partial charge is 0.351 e. The van der Waals surface area contributed by atoms with Gasteiger partial charge in [-0.15, -0.1) is 0 Å². The van der Waals surface area contributed by atoms with Crippen molar-refractivity contribution >= 4 is 60.9 Å². The molecule has 0 saturated heterocycles. The van der Waals surface area contributed by atoms with E-state index in [1.807, 2.05) is 12.1 Å². The smallest absolute Gasteiger partial charge is 0.257 e. The molecule has 8 heteroatoms. The van der Waals surface area contributed by atoms with Gasteiger partial charge in [0.05, 0.1) is 10.2 Å². The number of anilines is 1. The molecule has 2 amide bonds. The SMILES string of the molecule is O=C(NCCNCc1ccc2ccccc2c1)c1ccc2nc(NC(=O)c3ccc(Cl)cc3)sc2c1. The summed E-state index contributed by atoms with van der Waals surface area (Å²) < 4.78 is 0.823. The number of nitrogens with one attached hydrogen (secondary N) is 3. The molecule has 0 atom stereocenters. The second-order valence-electron chi connectivity index (χ2n) is 8.28. The Kier molecular flexibility index (Phi) is 7.23. The van der Waals surface area contributed by atoms with Crippen molar-refractivity contribution in [3.05, 3.63) is 107 Å². The van der Waals surface area contributed by atoms with Crippen LogP contribution in [0.25, 0.3) is 21.0 Å². The Labute approximate surface area is 217 Å². The molecule has 0 aliphatic rings. The summed E-state index contributed by atoms with van der Waals surface area (Å²) in [5, 5.41) is 12.6. The van der Waals surface area contributed by atoms with E-state index in [-0.39, 0.29) is 11.8 Å². The molecule has 36 heavy (non-hydrogen) atoms. The Morgan fingerprint density at radius 1 is 0.806 bits per heavy atom. The highest BCUT2D eigenvalue weighted by Crippen LogP contribution is 2.27. The number of nitrogens with zero attached hydrogens (tertiary/aromatic N) is 1. The average Bonchev–Trinajstić information content (AvgIpc) is 3.30. The van der Waals surface area contributed by atoms with Gasteiger partial charge in [0.2, 0.25) is 0 Å². The van der Waals surface area contributed by atoms with Gasteiger partial charge in [0, 0.05) is 35.8 Å². The number of hydrogen-bond donors (Lipinski definition) is 3. The fraction of sp³-hybridized carbons (Fsp3) is 0.107. The summed E-state index contributed by atoms with van der Waals surface area (Å²) in [6.07, 6.45) is 0. The minimum absolute atomic E-state index is 0.149. The molecule has 1 heterocycles. The maximum absolute atomic E-state index is 12.6. The van der Waals surface area contributed by atoms with Crippen LogP contribution in [0.15, 0.2) is 84.9 Å². The monoisotopic (exact) mass is 514 g/mol. The zero-order valence-electron chi connectivity index (χ0n) is 19.3. The molecule has 0 radical (unpaired) electrons. The van der Waals surface area contributed by atoms with E-state index in [0.29, 0.717) is 34.4 Å². The van der Waals surface area contributed by atoms with Crippen molar-refractivity contribution in [2.45, 2.75) is 6.54 Å². The Morgan fingerprint density at radius 2 is 1.58 bits per heavy atom. The third-order valence-electron chi connectivity index (χ3n) is 5.71. The number of thiazole rings is 1. The van der Waals surface area contributed by atoms with Crippen LogP contribution in [0.1, 0.15) is 26.3 Å². The Morgan fingerprint density at radius 3 is 2.42 bits per heavy atom. The second-order valence-corrected chi connectivity index (χ2v) is 9.74. The van der Waals surface area contributed by atoms with Crippen LogP contribution in [0.5, 0.6) is 0 Å². The fourth-order valence-corrected chi connectivity index (χ4v) is 4.86. The quantitative estimate of drug-likeness (QED) is 0.226. The third-order valence-corrected chi connectivity index (χ3v) is 6.89. The molecular formula is C28H23ClN4O2S. The van der Waals surface area contributed by atoms with Crippen LogP contribution in [0.2, 0.25) is 5.02 Å². The predicted octanol–water partition coefficient (Wildman–Crippen LogP) is 5.87. The minimum Gasteiger partial charge on any atom is -0.351 e. The van der Waals surface area contributed by atoms with Crippen LogP contribution in [-0.4, -0.2) is 29.9 Å².